The number of benzene rings is 4. The molecule has 2 aliphatic rings. The summed E-state index contributed by atoms with van der Waals surface area (Å²) in [4.78, 5) is 41.1. The van der Waals surface area contributed by atoms with Crippen LogP contribution >= 0.6 is 0 Å². The van der Waals surface area contributed by atoms with Crippen LogP contribution < -0.4 is 10.6 Å². The van der Waals surface area contributed by atoms with Gasteiger partial charge >= 0.3 is 12.1 Å². The molecule has 1 heterocycles. The first-order valence-electron chi connectivity index (χ1n) is 16.4. The van der Waals surface area contributed by atoms with E-state index in [0.717, 1.165) is 66.2 Å². The summed E-state index contributed by atoms with van der Waals surface area (Å²) in [6.45, 7) is 6.05. The van der Waals surface area contributed by atoms with Gasteiger partial charge in [-0.05, 0) is 71.1 Å². The number of nitrogens with one attached hydrogen (secondary N) is 2. The fraction of sp³-hybridized carbons (Fsp3) is 0.275. The second kappa shape index (κ2) is 15.6. The van der Waals surface area contributed by atoms with Gasteiger partial charge in [0, 0.05) is 42.2 Å². The van der Waals surface area contributed by atoms with Crippen molar-refractivity contribution in [1.82, 2.24) is 15.5 Å². The zero-order valence-electron chi connectivity index (χ0n) is 27.6. The molecule has 0 unspecified atom stereocenters. The molecule has 9 nitrogen and oxygen atoms in total. The number of carbonyl (C=O) groups excluding carboxylic acids is 3. The smallest absolute Gasteiger partial charge is 0.407 e. The Balaban J connectivity index is 1.03. The summed E-state index contributed by atoms with van der Waals surface area (Å²) in [7, 11) is 1.23. The van der Waals surface area contributed by atoms with E-state index < -0.39 is 30.1 Å². The molecule has 9 heteroatoms. The van der Waals surface area contributed by atoms with Crippen LogP contribution in [0.15, 0.2) is 97.1 Å². The molecule has 0 aromatic heterocycles. The first-order chi connectivity index (χ1) is 23.9. The van der Waals surface area contributed by atoms with E-state index >= 15 is 0 Å². The Morgan fingerprint density at radius 2 is 1.39 bits per heavy atom. The Labute approximate surface area is 286 Å². The number of hydrogen-bond donors (Lipinski definition) is 2. The van der Waals surface area contributed by atoms with Crippen LogP contribution in [-0.2, 0) is 25.5 Å². The van der Waals surface area contributed by atoms with Crippen LogP contribution in [0.1, 0.15) is 51.0 Å². The average molecular weight is 658 g/mol. The zero-order valence-corrected chi connectivity index (χ0v) is 27.6. The number of morpholine rings is 1. The van der Waals surface area contributed by atoms with Gasteiger partial charge in [-0.15, -0.1) is 0 Å². The first-order valence-corrected chi connectivity index (χ1v) is 16.4. The molecular formula is C40H39N3O6. The molecule has 1 saturated heterocycles. The Hall–Kier alpha value is -5.43. The van der Waals surface area contributed by atoms with E-state index in [1.807, 2.05) is 48.5 Å². The molecule has 250 valence electrons. The predicted octanol–water partition coefficient (Wildman–Crippen LogP) is 5.12. The quantitative estimate of drug-likeness (QED) is 0.190. The number of fused-ring (bicyclic) bond motifs is 3. The zero-order chi connectivity index (χ0) is 34.2. The van der Waals surface area contributed by atoms with E-state index in [9.17, 15) is 14.4 Å². The number of rotatable bonds is 9. The third-order valence-electron chi connectivity index (χ3n) is 8.89. The third kappa shape index (κ3) is 8.18. The largest absolute Gasteiger partial charge is 0.467 e. The lowest BCUT2D eigenvalue weighted by atomic mass is 9.98. The van der Waals surface area contributed by atoms with Crippen molar-refractivity contribution in [3.8, 4) is 23.0 Å². The fourth-order valence-corrected chi connectivity index (χ4v) is 6.21. The van der Waals surface area contributed by atoms with Crippen LogP contribution in [0.4, 0.5) is 4.79 Å². The molecular weight excluding hydrogens is 618 g/mol. The number of esters is 1. The first kappa shape index (κ1) is 33.5. The summed E-state index contributed by atoms with van der Waals surface area (Å²) in [5.41, 5.74) is 7.63. The summed E-state index contributed by atoms with van der Waals surface area (Å²) in [6, 6.07) is 29.1. The monoisotopic (exact) mass is 657 g/mol. The van der Waals surface area contributed by atoms with Crippen LogP contribution in [0.2, 0.25) is 0 Å². The number of nitrogens with zero attached hydrogens (tertiary/aromatic N) is 1. The van der Waals surface area contributed by atoms with Gasteiger partial charge in [-0.2, -0.15) is 0 Å². The van der Waals surface area contributed by atoms with E-state index in [-0.39, 0.29) is 12.5 Å². The molecule has 4 aromatic rings. The lowest BCUT2D eigenvalue weighted by Gasteiger charge is -2.26. The highest BCUT2D eigenvalue weighted by Gasteiger charge is 2.32. The van der Waals surface area contributed by atoms with Crippen LogP contribution in [0.3, 0.4) is 0 Å². The van der Waals surface area contributed by atoms with Crippen LogP contribution in [0.5, 0.6) is 0 Å². The molecule has 49 heavy (non-hydrogen) atoms. The molecule has 0 saturated carbocycles. The normalized spacial score (nSPS) is 15.1. The number of ether oxygens (including phenoxy) is 3. The standard InChI is InChI=1S/C40H39N3O6/c1-27(41-40(46)49-26-36-34-9-5-3-7-32(34)33-8-4-6-10-35(33)36)37(39(45)47-2)42-38(44)31-19-17-29(18-20-31)12-11-28-13-15-30(16-14-28)25-43-21-23-48-24-22-43/h3-10,13-20,27,36-37H,21-26H2,1-2H3,(H,41,46)(H,42,44)/t27-,37+/m1/s1. The van der Waals surface area contributed by atoms with E-state index in [1.165, 1.54) is 12.7 Å². The second-order valence-electron chi connectivity index (χ2n) is 12.1. The summed E-state index contributed by atoms with van der Waals surface area (Å²) in [6.07, 6.45) is -0.702. The molecule has 0 spiro atoms. The fourth-order valence-electron chi connectivity index (χ4n) is 6.21. The van der Waals surface area contributed by atoms with Crippen molar-refractivity contribution in [3.63, 3.8) is 0 Å². The maximum atomic E-state index is 13.2. The van der Waals surface area contributed by atoms with Gasteiger partial charge in [0.05, 0.1) is 26.4 Å². The van der Waals surface area contributed by atoms with Crippen molar-refractivity contribution in [3.05, 3.63) is 130 Å². The Bertz CT molecular complexity index is 1810. The molecule has 2 atom stereocenters. The van der Waals surface area contributed by atoms with Gasteiger partial charge in [0.15, 0.2) is 0 Å². The van der Waals surface area contributed by atoms with Crippen molar-refractivity contribution in [2.75, 3.05) is 40.0 Å². The lowest BCUT2D eigenvalue weighted by Crippen LogP contribution is -2.54. The van der Waals surface area contributed by atoms with Gasteiger partial charge in [-0.25, -0.2) is 9.59 Å². The Kier molecular flexibility index (Phi) is 10.7. The van der Waals surface area contributed by atoms with E-state index in [4.69, 9.17) is 14.2 Å². The second-order valence-corrected chi connectivity index (χ2v) is 12.1. The van der Waals surface area contributed by atoms with E-state index in [2.05, 4.69) is 51.6 Å². The lowest BCUT2D eigenvalue weighted by molar-refractivity contribution is -0.143. The summed E-state index contributed by atoms with van der Waals surface area (Å²) < 4.78 is 16.0. The highest BCUT2D eigenvalue weighted by atomic mass is 16.5. The van der Waals surface area contributed by atoms with E-state index in [0.29, 0.717) is 5.56 Å². The SMILES string of the molecule is COC(=O)[C@@H](NC(=O)c1ccc(C#Cc2ccc(CN3CCOCC3)cc2)cc1)[C@@H](C)NC(=O)OCC1c2ccccc2-c2ccccc21. The molecule has 4 aromatic carbocycles. The van der Waals surface area contributed by atoms with Gasteiger partial charge in [-0.3, -0.25) is 9.69 Å². The third-order valence-corrected chi connectivity index (χ3v) is 8.89. The average Bonchev–Trinajstić information content (AvgIpc) is 3.46. The van der Waals surface area contributed by atoms with Crippen LogP contribution in [0.25, 0.3) is 11.1 Å². The van der Waals surface area contributed by atoms with E-state index in [1.54, 1.807) is 31.2 Å². The van der Waals surface area contributed by atoms with Gasteiger partial charge < -0.3 is 24.8 Å². The minimum atomic E-state index is -1.15. The number of amides is 2. The highest BCUT2D eigenvalue weighted by molar-refractivity contribution is 5.97. The van der Waals surface area contributed by atoms with Crippen molar-refractivity contribution < 1.29 is 28.6 Å². The topological polar surface area (TPSA) is 106 Å². The van der Waals surface area contributed by atoms with Crippen molar-refractivity contribution in [1.29, 1.82) is 0 Å². The predicted molar refractivity (Wildman–Crippen MR) is 186 cm³/mol. The molecule has 2 N–H and O–H groups in total. The van der Waals surface area contributed by atoms with Crippen LogP contribution in [-0.4, -0.2) is 75.0 Å². The minimum absolute atomic E-state index is 0.108. The summed E-state index contributed by atoms with van der Waals surface area (Å²) in [5.74, 6) is 5.01. The van der Waals surface area contributed by atoms with Crippen LogP contribution in [0, 0.1) is 11.8 Å². The van der Waals surface area contributed by atoms with Crippen molar-refractivity contribution >= 4 is 18.0 Å². The number of methoxy groups -OCH3 is 1. The number of carbonyl (C=O) groups is 3. The molecule has 6 rings (SSSR count). The summed E-state index contributed by atoms with van der Waals surface area (Å²) >= 11 is 0. The number of hydrogen-bond acceptors (Lipinski definition) is 7. The molecule has 2 amide bonds. The minimum Gasteiger partial charge on any atom is -0.467 e. The summed E-state index contributed by atoms with van der Waals surface area (Å²) in [5, 5.41) is 5.38. The maximum Gasteiger partial charge on any atom is 0.407 e. The Morgan fingerprint density at radius 3 is 1.98 bits per heavy atom. The molecule has 1 aliphatic heterocycles. The Morgan fingerprint density at radius 1 is 0.816 bits per heavy atom. The van der Waals surface area contributed by atoms with Gasteiger partial charge in [-0.1, -0.05) is 72.5 Å². The van der Waals surface area contributed by atoms with Crippen molar-refractivity contribution in [2.45, 2.75) is 31.5 Å². The highest BCUT2D eigenvalue weighted by Crippen LogP contribution is 2.44. The van der Waals surface area contributed by atoms with Gasteiger partial charge in [0.2, 0.25) is 0 Å². The van der Waals surface area contributed by atoms with Gasteiger partial charge in [0.25, 0.3) is 5.91 Å². The molecule has 1 aliphatic carbocycles. The molecule has 0 bridgehead atoms. The van der Waals surface area contributed by atoms with Gasteiger partial charge in [0.1, 0.15) is 12.6 Å². The maximum absolute atomic E-state index is 13.2. The molecule has 0 radical (unpaired) electrons. The number of alkyl carbamates (subject to hydrolysis) is 1. The van der Waals surface area contributed by atoms with Crippen molar-refractivity contribution in [2.24, 2.45) is 0 Å². The molecule has 1 fully saturated rings.